The van der Waals surface area contributed by atoms with E-state index in [1.54, 1.807) is 12.4 Å². The smallest absolute Gasteiger partial charge is 0.164 e. The van der Waals surface area contributed by atoms with Gasteiger partial charge in [0.25, 0.3) is 0 Å². The normalized spacial score (nSPS) is 12.9. The summed E-state index contributed by atoms with van der Waals surface area (Å²) in [5, 5.41) is 0. The van der Waals surface area contributed by atoms with Crippen LogP contribution in [0.2, 0.25) is 0 Å². The number of nitrogens with two attached hydrogens (primary N) is 1. The molecule has 31 heavy (non-hydrogen) atoms. The van der Waals surface area contributed by atoms with Gasteiger partial charge in [0.2, 0.25) is 0 Å². The van der Waals surface area contributed by atoms with Crippen molar-refractivity contribution in [3.05, 3.63) is 84.3 Å². The van der Waals surface area contributed by atoms with Crippen molar-refractivity contribution < 1.29 is 0 Å². The Labute approximate surface area is 179 Å². The first-order valence-electron chi connectivity index (χ1n) is 10.4. The minimum absolute atomic E-state index is 0.449. The van der Waals surface area contributed by atoms with E-state index in [-0.39, 0.29) is 0 Å². The second kappa shape index (κ2) is 7.02. The van der Waals surface area contributed by atoms with Crippen LogP contribution in [0.1, 0.15) is 17.5 Å². The van der Waals surface area contributed by atoms with Gasteiger partial charge in [-0.1, -0.05) is 12.1 Å². The van der Waals surface area contributed by atoms with Crippen LogP contribution in [0.4, 0.5) is 5.82 Å². The lowest BCUT2D eigenvalue weighted by molar-refractivity contribution is 0.911. The molecular formula is C25H20N6. The van der Waals surface area contributed by atoms with Crippen molar-refractivity contribution in [3.63, 3.8) is 0 Å². The maximum absolute atomic E-state index is 6.24. The van der Waals surface area contributed by atoms with E-state index in [1.165, 1.54) is 17.5 Å². The van der Waals surface area contributed by atoms with Gasteiger partial charge in [-0.05, 0) is 72.9 Å². The molecule has 6 nitrogen and oxygen atoms in total. The van der Waals surface area contributed by atoms with Gasteiger partial charge in [0.05, 0.1) is 11.3 Å². The van der Waals surface area contributed by atoms with Gasteiger partial charge in [-0.25, -0.2) is 15.0 Å². The zero-order valence-corrected chi connectivity index (χ0v) is 16.9. The van der Waals surface area contributed by atoms with E-state index >= 15 is 0 Å². The highest BCUT2D eigenvalue weighted by Gasteiger charge is 2.20. The fraction of sp³-hybridized carbons (Fsp3) is 0.120. The van der Waals surface area contributed by atoms with E-state index in [2.05, 4.69) is 32.7 Å². The van der Waals surface area contributed by atoms with Gasteiger partial charge in [0.1, 0.15) is 11.3 Å². The first-order chi connectivity index (χ1) is 15.3. The fourth-order valence-corrected chi connectivity index (χ4v) is 4.37. The third kappa shape index (κ3) is 2.95. The molecule has 1 aliphatic carbocycles. The predicted octanol–water partition coefficient (Wildman–Crippen LogP) is 4.62. The molecule has 2 N–H and O–H groups in total. The monoisotopic (exact) mass is 404 g/mol. The average Bonchev–Trinajstić information content (AvgIpc) is 3.43. The van der Waals surface area contributed by atoms with Crippen molar-refractivity contribution in [2.45, 2.75) is 19.3 Å². The number of nitrogen functional groups attached to an aromatic ring is 1. The van der Waals surface area contributed by atoms with Crippen molar-refractivity contribution in [1.82, 2.24) is 24.5 Å². The van der Waals surface area contributed by atoms with Gasteiger partial charge in [0, 0.05) is 29.8 Å². The second-order valence-electron chi connectivity index (χ2n) is 7.80. The van der Waals surface area contributed by atoms with Gasteiger partial charge >= 0.3 is 0 Å². The quantitative estimate of drug-likeness (QED) is 0.475. The van der Waals surface area contributed by atoms with Crippen LogP contribution in [-0.4, -0.2) is 24.5 Å². The predicted molar refractivity (Wildman–Crippen MR) is 122 cm³/mol. The number of hydrogen-bond acceptors (Lipinski definition) is 5. The molecule has 0 radical (unpaired) electrons. The third-order valence-corrected chi connectivity index (χ3v) is 5.88. The van der Waals surface area contributed by atoms with Crippen LogP contribution in [0.25, 0.3) is 39.5 Å². The molecule has 0 atom stereocenters. The number of aryl methyl sites for hydroxylation is 2. The van der Waals surface area contributed by atoms with Crippen LogP contribution < -0.4 is 5.73 Å². The Kier molecular flexibility index (Phi) is 4.02. The zero-order chi connectivity index (χ0) is 20.8. The first kappa shape index (κ1) is 17.8. The summed E-state index contributed by atoms with van der Waals surface area (Å²) < 4.78 is 2.09. The van der Waals surface area contributed by atoms with Crippen LogP contribution in [0.3, 0.4) is 0 Å². The Balaban J connectivity index is 1.61. The minimum Gasteiger partial charge on any atom is -0.383 e. The number of fused-ring (bicyclic) bond motifs is 2. The second-order valence-corrected chi connectivity index (χ2v) is 7.80. The standard InChI is InChI=1S/C25H20N6/c26-23-20(7-4-12-28-23)24-30-22-14-18(21-8-1-2-11-27-21)15-29-25(22)31(24)19-10-9-16-5-3-6-17(16)13-19/h1-2,4,7-15H,3,5-6H2,(H2,26,28). The topological polar surface area (TPSA) is 82.5 Å². The van der Waals surface area contributed by atoms with Crippen molar-refractivity contribution in [2.24, 2.45) is 0 Å². The van der Waals surface area contributed by atoms with Crippen LogP contribution in [0.5, 0.6) is 0 Å². The van der Waals surface area contributed by atoms with Crippen molar-refractivity contribution in [2.75, 3.05) is 5.73 Å². The average molecular weight is 404 g/mol. The van der Waals surface area contributed by atoms with Gasteiger partial charge in [-0.15, -0.1) is 0 Å². The maximum Gasteiger partial charge on any atom is 0.164 e. The molecule has 4 heterocycles. The van der Waals surface area contributed by atoms with Gasteiger partial charge in [-0.2, -0.15) is 0 Å². The molecule has 6 heteroatoms. The molecular weight excluding hydrogens is 384 g/mol. The molecule has 0 fully saturated rings. The Bertz CT molecular complexity index is 1420. The number of anilines is 1. The first-order valence-corrected chi connectivity index (χ1v) is 10.4. The lowest BCUT2D eigenvalue weighted by Gasteiger charge is -2.12. The van der Waals surface area contributed by atoms with E-state index in [0.29, 0.717) is 5.82 Å². The van der Waals surface area contributed by atoms with E-state index in [4.69, 9.17) is 15.7 Å². The molecule has 1 aromatic carbocycles. The number of pyridine rings is 3. The van der Waals surface area contributed by atoms with Gasteiger partial charge in [-0.3, -0.25) is 9.55 Å². The fourth-order valence-electron chi connectivity index (χ4n) is 4.37. The van der Waals surface area contributed by atoms with Gasteiger partial charge < -0.3 is 5.73 Å². The number of hydrogen-bond donors (Lipinski definition) is 1. The summed E-state index contributed by atoms with van der Waals surface area (Å²) in [7, 11) is 0. The summed E-state index contributed by atoms with van der Waals surface area (Å²) in [6.07, 6.45) is 8.79. The molecule has 150 valence electrons. The van der Waals surface area contributed by atoms with E-state index < -0.39 is 0 Å². The highest BCUT2D eigenvalue weighted by atomic mass is 15.1. The molecule has 6 rings (SSSR count). The molecule has 4 aromatic heterocycles. The van der Waals surface area contributed by atoms with Crippen molar-refractivity contribution >= 4 is 17.0 Å². The molecule has 0 spiro atoms. The van der Waals surface area contributed by atoms with Crippen LogP contribution in [0.15, 0.2) is 73.2 Å². The highest BCUT2D eigenvalue weighted by molar-refractivity contribution is 5.85. The van der Waals surface area contributed by atoms with Crippen molar-refractivity contribution in [1.29, 1.82) is 0 Å². The van der Waals surface area contributed by atoms with Gasteiger partial charge in [0.15, 0.2) is 11.5 Å². The summed E-state index contributed by atoms with van der Waals surface area (Å²) in [5.74, 6) is 1.19. The molecule has 0 bridgehead atoms. The molecule has 5 aromatic rings. The molecule has 0 aliphatic heterocycles. The number of rotatable bonds is 3. The molecule has 1 aliphatic rings. The Hall–Kier alpha value is -4.06. The van der Waals surface area contributed by atoms with Crippen LogP contribution >= 0.6 is 0 Å². The Morgan fingerprint density at radius 3 is 2.61 bits per heavy atom. The molecule has 0 unspecified atom stereocenters. The number of benzene rings is 1. The number of nitrogens with zero attached hydrogens (tertiary/aromatic N) is 5. The lowest BCUT2D eigenvalue weighted by atomic mass is 10.1. The highest BCUT2D eigenvalue weighted by Crippen LogP contribution is 2.33. The Morgan fingerprint density at radius 2 is 1.74 bits per heavy atom. The van der Waals surface area contributed by atoms with E-state index in [1.807, 2.05) is 42.6 Å². The van der Waals surface area contributed by atoms with E-state index in [9.17, 15) is 0 Å². The number of imidazole rings is 1. The summed E-state index contributed by atoms with van der Waals surface area (Å²) in [6, 6.07) is 18.3. The van der Waals surface area contributed by atoms with Crippen LogP contribution in [-0.2, 0) is 12.8 Å². The summed E-state index contributed by atoms with van der Waals surface area (Å²) in [6.45, 7) is 0. The molecule has 0 amide bonds. The summed E-state index contributed by atoms with van der Waals surface area (Å²) in [4.78, 5) is 18.5. The third-order valence-electron chi connectivity index (χ3n) is 5.88. The Morgan fingerprint density at radius 1 is 0.839 bits per heavy atom. The minimum atomic E-state index is 0.449. The molecule has 0 saturated heterocycles. The summed E-state index contributed by atoms with van der Waals surface area (Å²) in [5.41, 5.74) is 14.3. The largest absolute Gasteiger partial charge is 0.383 e. The SMILES string of the molecule is Nc1ncccc1-c1nc2cc(-c3ccccn3)cnc2n1-c1ccc2c(c1)CCC2. The summed E-state index contributed by atoms with van der Waals surface area (Å²) >= 11 is 0. The number of aromatic nitrogens is 5. The molecule has 0 saturated carbocycles. The van der Waals surface area contributed by atoms with E-state index in [0.717, 1.165) is 52.3 Å². The maximum atomic E-state index is 6.24. The lowest BCUT2D eigenvalue weighted by Crippen LogP contribution is -2.02. The van der Waals surface area contributed by atoms with Crippen LogP contribution in [0, 0.1) is 0 Å². The van der Waals surface area contributed by atoms with Crippen molar-refractivity contribution in [3.8, 4) is 28.3 Å². The zero-order valence-electron chi connectivity index (χ0n) is 16.9.